The summed E-state index contributed by atoms with van der Waals surface area (Å²) in [4.78, 5) is 9.50. The van der Waals surface area contributed by atoms with E-state index < -0.39 is 0 Å². The van der Waals surface area contributed by atoms with Crippen molar-refractivity contribution in [3.8, 4) is 22.4 Å². The maximum atomic E-state index is 4.76. The number of pyridine rings is 2. The third kappa shape index (κ3) is 3.71. The highest BCUT2D eigenvalue weighted by molar-refractivity contribution is 7.26. The summed E-state index contributed by atoms with van der Waals surface area (Å²) in [5, 5.41) is 1.22. The van der Waals surface area contributed by atoms with Crippen molar-refractivity contribution in [2.24, 2.45) is 0 Å². The van der Waals surface area contributed by atoms with Gasteiger partial charge in [-0.15, -0.1) is 11.3 Å². The van der Waals surface area contributed by atoms with Gasteiger partial charge in [-0.1, -0.05) is 55.3 Å². The van der Waals surface area contributed by atoms with Gasteiger partial charge in [0.05, 0.1) is 15.9 Å². The molecule has 0 aliphatic rings. The Morgan fingerprint density at radius 3 is 2.28 bits per heavy atom. The molecule has 5 aromatic rings. The normalized spacial score (nSPS) is 11.7. The van der Waals surface area contributed by atoms with E-state index in [4.69, 9.17) is 9.97 Å². The Bertz CT molecular complexity index is 1410. The number of hydrogen-bond acceptors (Lipinski definition) is 3. The van der Waals surface area contributed by atoms with Crippen LogP contribution in [0.15, 0.2) is 67.0 Å². The predicted octanol–water partition coefficient (Wildman–Crippen LogP) is 8.70. The summed E-state index contributed by atoms with van der Waals surface area (Å²) in [7, 11) is 0. The van der Waals surface area contributed by atoms with Crippen molar-refractivity contribution in [3.05, 3.63) is 83.7 Å². The minimum Gasteiger partial charge on any atom is -0.256 e. The molecule has 3 heterocycles. The molecule has 0 amide bonds. The van der Waals surface area contributed by atoms with Crippen LogP contribution in [0.25, 0.3) is 42.7 Å². The lowest BCUT2D eigenvalue weighted by atomic mass is 9.93. The highest BCUT2D eigenvalue weighted by Crippen LogP contribution is 2.40. The summed E-state index contributed by atoms with van der Waals surface area (Å²) in [6.07, 6.45) is 6.18. The van der Waals surface area contributed by atoms with Crippen molar-refractivity contribution < 1.29 is 0 Å². The van der Waals surface area contributed by atoms with Gasteiger partial charge in [-0.3, -0.25) is 9.97 Å². The standard InChI is InChI=1S/C29H28N2S/c1-5-20(6-2)22-9-11-30-26(16-22)24-10-12-31-28-25-8-7-21(17-27(25)32-29(24)28)23-14-18(3)13-19(4)15-23/h7-17,20H,5-6H2,1-4H3. The molecule has 0 N–H and O–H groups in total. The Hall–Kier alpha value is -3.04. The number of aryl methyl sites for hydroxylation is 2. The molecule has 0 saturated heterocycles. The van der Waals surface area contributed by atoms with Gasteiger partial charge < -0.3 is 0 Å². The second-order valence-corrected chi connectivity index (χ2v) is 9.77. The minimum absolute atomic E-state index is 0.580. The molecule has 0 radical (unpaired) electrons. The molecule has 0 spiro atoms. The van der Waals surface area contributed by atoms with Crippen LogP contribution in [0.4, 0.5) is 0 Å². The van der Waals surface area contributed by atoms with Crippen LogP contribution in [0.5, 0.6) is 0 Å². The zero-order valence-electron chi connectivity index (χ0n) is 19.1. The molecule has 3 heteroatoms. The molecule has 0 atom stereocenters. The number of fused-ring (bicyclic) bond motifs is 3. The molecule has 0 aliphatic heterocycles. The van der Waals surface area contributed by atoms with Crippen molar-refractivity contribution in [3.63, 3.8) is 0 Å². The fourth-order valence-electron chi connectivity index (χ4n) is 4.79. The third-order valence-electron chi connectivity index (χ3n) is 6.43. The lowest BCUT2D eigenvalue weighted by Crippen LogP contribution is -1.97. The summed E-state index contributed by atoms with van der Waals surface area (Å²) in [6, 6.07) is 20.1. The summed E-state index contributed by atoms with van der Waals surface area (Å²) in [6.45, 7) is 8.84. The van der Waals surface area contributed by atoms with Gasteiger partial charge in [-0.05, 0) is 73.6 Å². The van der Waals surface area contributed by atoms with Gasteiger partial charge in [0, 0.05) is 28.0 Å². The van der Waals surface area contributed by atoms with E-state index in [1.165, 1.54) is 48.2 Å². The van der Waals surface area contributed by atoms with Crippen molar-refractivity contribution in [2.75, 3.05) is 0 Å². The van der Waals surface area contributed by atoms with Crippen LogP contribution >= 0.6 is 11.3 Å². The van der Waals surface area contributed by atoms with Gasteiger partial charge >= 0.3 is 0 Å². The molecule has 0 unspecified atom stereocenters. The van der Waals surface area contributed by atoms with Crippen LogP contribution in [0.2, 0.25) is 0 Å². The van der Waals surface area contributed by atoms with Crippen LogP contribution in [-0.4, -0.2) is 9.97 Å². The first-order chi connectivity index (χ1) is 15.6. The van der Waals surface area contributed by atoms with Crippen molar-refractivity contribution in [2.45, 2.75) is 46.5 Å². The smallest absolute Gasteiger partial charge is 0.0895 e. The second-order valence-electron chi connectivity index (χ2n) is 8.71. The lowest BCUT2D eigenvalue weighted by molar-refractivity contribution is 0.641. The Morgan fingerprint density at radius 2 is 1.53 bits per heavy atom. The van der Waals surface area contributed by atoms with Gasteiger partial charge in [0.1, 0.15) is 0 Å². The Labute approximate surface area is 194 Å². The summed E-state index contributed by atoms with van der Waals surface area (Å²) >= 11 is 1.82. The van der Waals surface area contributed by atoms with E-state index in [9.17, 15) is 0 Å². The van der Waals surface area contributed by atoms with Gasteiger partial charge in [0.25, 0.3) is 0 Å². The number of thiophene rings is 1. The average molecular weight is 437 g/mol. The Kier molecular flexibility index (Phi) is 5.52. The molecule has 0 aliphatic carbocycles. The number of rotatable bonds is 5. The van der Waals surface area contributed by atoms with E-state index in [1.54, 1.807) is 0 Å². The van der Waals surface area contributed by atoms with Gasteiger partial charge in [-0.25, -0.2) is 0 Å². The fraction of sp³-hybridized carbons (Fsp3) is 0.241. The zero-order chi connectivity index (χ0) is 22.2. The van der Waals surface area contributed by atoms with Gasteiger partial charge in [0.2, 0.25) is 0 Å². The lowest BCUT2D eigenvalue weighted by Gasteiger charge is -2.13. The fourth-order valence-corrected chi connectivity index (χ4v) is 6.01. The molecule has 0 bridgehead atoms. The highest BCUT2D eigenvalue weighted by Gasteiger charge is 2.15. The van der Waals surface area contributed by atoms with E-state index in [0.29, 0.717) is 5.92 Å². The third-order valence-corrected chi connectivity index (χ3v) is 7.60. The number of benzene rings is 2. The van der Waals surface area contributed by atoms with Crippen LogP contribution in [0.3, 0.4) is 0 Å². The van der Waals surface area contributed by atoms with E-state index >= 15 is 0 Å². The summed E-state index contributed by atoms with van der Waals surface area (Å²) < 4.78 is 2.49. The SMILES string of the molecule is CCC(CC)c1ccnc(-c2ccnc3c2sc2cc(-c4cc(C)cc(C)c4)ccc23)c1. The van der Waals surface area contributed by atoms with Crippen LogP contribution in [0.1, 0.15) is 49.3 Å². The first kappa shape index (κ1) is 20.8. The van der Waals surface area contributed by atoms with E-state index in [1.807, 2.05) is 23.7 Å². The second kappa shape index (κ2) is 8.48. The molecule has 5 rings (SSSR count). The molecule has 2 aromatic carbocycles. The first-order valence-electron chi connectivity index (χ1n) is 11.4. The molecule has 160 valence electrons. The molecule has 3 aromatic heterocycles. The largest absolute Gasteiger partial charge is 0.256 e. The van der Waals surface area contributed by atoms with E-state index in [2.05, 4.69) is 82.3 Å². The quantitative estimate of drug-likeness (QED) is 0.275. The first-order valence-corrected chi connectivity index (χ1v) is 12.2. The Balaban J connectivity index is 1.66. The summed E-state index contributed by atoms with van der Waals surface area (Å²) in [5.74, 6) is 0.580. The summed E-state index contributed by atoms with van der Waals surface area (Å²) in [5.41, 5.74) is 9.79. The van der Waals surface area contributed by atoms with Gasteiger partial charge in [0.15, 0.2) is 0 Å². The van der Waals surface area contributed by atoms with Crippen LogP contribution in [0, 0.1) is 13.8 Å². The number of hydrogen-bond donors (Lipinski definition) is 0. The zero-order valence-corrected chi connectivity index (χ0v) is 20.0. The van der Waals surface area contributed by atoms with Crippen molar-refractivity contribution >= 4 is 31.6 Å². The maximum Gasteiger partial charge on any atom is 0.0895 e. The van der Waals surface area contributed by atoms with Gasteiger partial charge in [-0.2, -0.15) is 0 Å². The number of aromatic nitrogens is 2. The molecule has 0 fully saturated rings. The minimum atomic E-state index is 0.580. The topological polar surface area (TPSA) is 25.8 Å². The number of nitrogens with zero attached hydrogens (tertiary/aromatic N) is 2. The highest BCUT2D eigenvalue weighted by atomic mass is 32.1. The van der Waals surface area contributed by atoms with Crippen LogP contribution < -0.4 is 0 Å². The molecular weight excluding hydrogens is 408 g/mol. The van der Waals surface area contributed by atoms with Crippen molar-refractivity contribution in [1.29, 1.82) is 0 Å². The maximum absolute atomic E-state index is 4.76. The molecular formula is C29H28N2S. The van der Waals surface area contributed by atoms with E-state index in [-0.39, 0.29) is 0 Å². The average Bonchev–Trinajstić information content (AvgIpc) is 3.17. The molecule has 0 saturated carbocycles. The van der Waals surface area contributed by atoms with E-state index in [0.717, 1.165) is 24.1 Å². The Morgan fingerprint density at radius 1 is 0.781 bits per heavy atom. The monoisotopic (exact) mass is 436 g/mol. The molecule has 2 nitrogen and oxygen atoms in total. The van der Waals surface area contributed by atoms with Crippen LogP contribution in [-0.2, 0) is 0 Å². The predicted molar refractivity (Wildman–Crippen MR) is 139 cm³/mol. The molecule has 32 heavy (non-hydrogen) atoms. The van der Waals surface area contributed by atoms with Crippen molar-refractivity contribution in [1.82, 2.24) is 9.97 Å².